The third kappa shape index (κ3) is 10.9. The van der Waals surface area contributed by atoms with Crippen LogP contribution in [0.2, 0.25) is 0 Å². The SMILES string of the molecule is CCCCCCCCCCCCCCCCOc1ccc(-c2ccc(C(=O)O)cc2)cc1[N+](=O)[O-]. The first-order valence-electron chi connectivity index (χ1n) is 13.3. The fourth-order valence-corrected chi connectivity index (χ4v) is 4.25. The van der Waals surface area contributed by atoms with Gasteiger partial charge >= 0.3 is 11.7 Å². The molecule has 6 nitrogen and oxygen atoms in total. The molecule has 35 heavy (non-hydrogen) atoms. The highest BCUT2D eigenvalue weighted by Gasteiger charge is 2.17. The lowest BCUT2D eigenvalue weighted by molar-refractivity contribution is -0.385. The first-order valence-corrected chi connectivity index (χ1v) is 13.3. The third-order valence-electron chi connectivity index (χ3n) is 6.38. The van der Waals surface area contributed by atoms with E-state index < -0.39 is 10.9 Å². The first kappa shape index (κ1) is 28.3. The Hall–Kier alpha value is -2.89. The van der Waals surface area contributed by atoms with Crippen LogP contribution in [-0.4, -0.2) is 22.6 Å². The van der Waals surface area contributed by atoms with Gasteiger partial charge in [0.1, 0.15) is 0 Å². The molecule has 0 unspecified atom stereocenters. The molecule has 0 aliphatic rings. The number of hydrogen-bond acceptors (Lipinski definition) is 4. The maximum atomic E-state index is 11.6. The van der Waals surface area contributed by atoms with E-state index in [2.05, 4.69) is 6.92 Å². The molecule has 192 valence electrons. The van der Waals surface area contributed by atoms with E-state index in [0.29, 0.717) is 12.2 Å². The van der Waals surface area contributed by atoms with E-state index in [1.165, 1.54) is 95.2 Å². The van der Waals surface area contributed by atoms with Gasteiger partial charge in [0, 0.05) is 6.07 Å². The molecule has 0 atom stereocenters. The van der Waals surface area contributed by atoms with Crippen LogP contribution in [0.5, 0.6) is 5.75 Å². The van der Waals surface area contributed by atoms with E-state index in [9.17, 15) is 14.9 Å². The minimum absolute atomic E-state index is 0.0739. The lowest BCUT2D eigenvalue weighted by atomic mass is 10.0. The largest absolute Gasteiger partial charge is 0.487 e. The number of carbonyl (C=O) groups is 1. The zero-order valence-corrected chi connectivity index (χ0v) is 21.2. The van der Waals surface area contributed by atoms with Crippen molar-refractivity contribution in [3.8, 4) is 16.9 Å². The van der Waals surface area contributed by atoms with Gasteiger partial charge in [-0.2, -0.15) is 0 Å². The lowest BCUT2D eigenvalue weighted by Crippen LogP contribution is -2.01. The highest BCUT2D eigenvalue weighted by molar-refractivity contribution is 5.88. The molecule has 0 saturated carbocycles. The highest BCUT2D eigenvalue weighted by Crippen LogP contribution is 2.32. The smallest absolute Gasteiger partial charge is 0.335 e. The highest BCUT2D eigenvalue weighted by atomic mass is 16.6. The fraction of sp³-hybridized carbons (Fsp3) is 0.552. The molecule has 0 aliphatic carbocycles. The number of nitrogens with zero attached hydrogens (tertiary/aromatic N) is 1. The molecule has 0 heterocycles. The van der Waals surface area contributed by atoms with Crippen molar-refractivity contribution < 1.29 is 19.6 Å². The Morgan fingerprint density at radius 2 is 1.26 bits per heavy atom. The molecule has 6 heteroatoms. The molecule has 0 amide bonds. The summed E-state index contributed by atoms with van der Waals surface area (Å²) in [6.07, 6.45) is 17.9. The molecule has 2 aromatic carbocycles. The van der Waals surface area contributed by atoms with Crippen molar-refractivity contribution in [2.24, 2.45) is 0 Å². The summed E-state index contributed by atoms with van der Waals surface area (Å²) >= 11 is 0. The Bertz CT molecular complexity index is 894. The Kier molecular flexibility index (Phi) is 13.5. The molecule has 0 saturated heterocycles. The van der Waals surface area contributed by atoms with E-state index in [1.807, 2.05) is 0 Å². The van der Waals surface area contributed by atoms with E-state index in [0.717, 1.165) is 18.4 Å². The maximum absolute atomic E-state index is 11.6. The van der Waals surface area contributed by atoms with Crippen LogP contribution in [0.3, 0.4) is 0 Å². The van der Waals surface area contributed by atoms with Crippen molar-refractivity contribution >= 4 is 11.7 Å². The van der Waals surface area contributed by atoms with Gasteiger partial charge in [0.05, 0.1) is 17.1 Å². The number of rotatable bonds is 19. The Morgan fingerprint density at radius 1 is 0.771 bits per heavy atom. The molecular formula is C29H41NO5. The van der Waals surface area contributed by atoms with Gasteiger partial charge in [-0.05, 0) is 35.7 Å². The van der Waals surface area contributed by atoms with Crippen molar-refractivity contribution in [2.75, 3.05) is 6.61 Å². The van der Waals surface area contributed by atoms with Gasteiger partial charge in [-0.3, -0.25) is 10.1 Å². The van der Waals surface area contributed by atoms with Crippen LogP contribution in [0.15, 0.2) is 42.5 Å². The van der Waals surface area contributed by atoms with Crippen LogP contribution in [0.1, 0.15) is 107 Å². The third-order valence-corrected chi connectivity index (χ3v) is 6.38. The molecule has 0 fully saturated rings. The first-order chi connectivity index (χ1) is 17.0. The number of nitro groups is 1. The number of benzene rings is 2. The average Bonchev–Trinajstić information content (AvgIpc) is 2.86. The van der Waals surface area contributed by atoms with Crippen molar-refractivity contribution in [3.63, 3.8) is 0 Å². The summed E-state index contributed by atoms with van der Waals surface area (Å²) in [5.74, 6) is -0.731. The minimum Gasteiger partial charge on any atom is -0.487 e. The average molecular weight is 484 g/mol. The van der Waals surface area contributed by atoms with Crippen LogP contribution >= 0.6 is 0 Å². The van der Waals surface area contributed by atoms with Crippen molar-refractivity contribution in [3.05, 3.63) is 58.1 Å². The van der Waals surface area contributed by atoms with Crippen LogP contribution in [0, 0.1) is 10.1 Å². The molecule has 1 N–H and O–H groups in total. The second-order valence-corrected chi connectivity index (χ2v) is 9.27. The standard InChI is InChI=1S/C29H41NO5/c1-2-3-4-5-6-7-8-9-10-11-12-13-14-15-22-35-28-21-20-26(23-27(28)30(33)34)24-16-18-25(19-17-24)29(31)32/h16-21,23H,2-15,22H2,1H3,(H,31,32). The summed E-state index contributed by atoms with van der Waals surface area (Å²) in [5.41, 5.74) is 1.47. The zero-order valence-electron chi connectivity index (χ0n) is 21.2. The number of carboxylic acid groups (broad SMARTS) is 1. The number of nitro benzene ring substituents is 1. The molecule has 2 rings (SSSR count). The predicted molar refractivity (Wildman–Crippen MR) is 141 cm³/mol. The number of carboxylic acids is 1. The van der Waals surface area contributed by atoms with Gasteiger partial charge in [0.25, 0.3) is 0 Å². The number of hydrogen-bond donors (Lipinski definition) is 1. The van der Waals surface area contributed by atoms with Crippen LogP contribution in [0.25, 0.3) is 11.1 Å². The minimum atomic E-state index is -1.00. The summed E-state index contributed by atoms with van der Waals surface area (Å²) in [6.45, 7) is 2.72. The van der Waals surface area contributed by atoms with Gasteiger partial charge in [-0.15, -0.1) is 0 Å². The van der Waals surface area contributed by atoms with Crippen LogP contribution in [0.4, 0.5) is 5.69 Å². The monoisotopic (exact) mass is 483 g/mol. The topological polar surface area (TPSA) is 89.7 Å². The summed E-state index contributed by atoms with van der Waals surface area (Å²) in [5, 5.41) is 20.6. The number of aromatic carboxylic acids is 1. The Morgan fingerprint density at radius 3 is 1.74 bits per heavy atom. The van der Waals surface area contributed by atoms with E-state index in [1.54, 1.807) is 24.3 Å². The van der Waals surface area contributed by atoms with Crippen molar-refractivity contribution in [2.45, 2.75) is 96.8 Å². The number of ether oxygens (including phenoxy) is 1. The van der Waals surface area contributed by atoms with E-state index in [4.69, 9.17) is 9.84 Å². The summed E-state index contributed by atoms with van der Waals surface area (Å²) < 4.78 is 5.73. The van der Waals surface area contributed by atoms with Gasteiger partial charge in [-0.25, -0.2) is 4.79 Å². The molecular weight excluding hydrogens is 442 g/mol. The van der Waals surface area contributed by atoms with Crippen LogP contribution in [-0.2, 0) is 0 Å². The Labute approximate surface area is 209 Å². The summed E-state index contributed by atoms with van der Waals surface area (Å²) in [7, 11) is 0. The van der Waals surface area contributed by atoms with E-state index in [-0.39, 0.29) is 17.0 Å². The lowest BCUT2D eigenvalue weighted by Gasteiger charge is -2.09. The predicted octanol–water partition coefficient (Wildman–Crippen LogP) is 8.82. The summed E-state index contributed by atoms with van der Waals surface area (Å²) in [6, 6.07) is 11.2. The van der Waals surface area contributed by atoms with Gasteiger partial charge in [-0.1, -0.05) is 109 Å². The second-order valence-electron chi connectivity index (χ2n) is 9.27. The Balaban J connectivity index is 1.63. The van der Waals surface area contributed by atoms with Gasteiger partial charge in [0.15, 0.2) is 5.75 Å². The molecule has 0 bridgehead atoms. The molecule has 0 aromatic heterocycles. The second kappa shape index (κ2) is 16.7. The quantitative estimate of drug-likeness (QED) is 0.122. The molecule has 2 aromatic rings. The molecule has 0 radical (unpaired) electrons. The zero-order chi connectivity index (χ0) is 25.3. The van der Waals surface area contributed by atoms with Crippen molar-refractivity contribution in [1.82, 2.24) is 0 Å². The van der Waals surface area contributed by atoms with Crippen molar-refractivity contribution in [1.29, 1.82) is 0 Å². The van der Waals surface area contributed by atoms with Gasteiger partial charge < -0.3 is 9.84 Å². The van der Waals surface area contributed by atoms with E-state index >= 15 is 0 Å². The number of unbranched alkanes of at least 4 members (excludes halogenated alkanes) is 13. The van der Waals surface area contributed by atoms with Crippen LogP contribution < -0.4 is 4.74 Å². The summed E-state index contributed by atoms with van der Waals surface area (Å²) in [4.78, 5) is 22.1. The fourth-order valence-electron chi connectivity index (χ4n) is 4.25. The normalized spacial score (nSPS) is 10.9. The molecule has 0 spiro atoms. The maximum Gasteiger partial charge on any atom is 0.335 e. The molecule has 0 aliphatic heterocycles. The van der Waals surface area contributed by atoms with Gasteiger partial charge in [0.2, 0.25) is 0 Å².